The lowest BCUT2D eigenvalue weighted by Gasteiger charge is -2.39. The van der Waals surface area contributed by atoms with Crippen LogP contribution in [-0.2, 0) is 19.2 Å². The molecule has 3 N–H and O–H groups in total. The second-order valence-electron chi connectivity index (χ2n) is 15.9. The molecule has 8 unspecified atom stereocenters. The molecule has 8 heteroatoms. The van der Waals surface area contributed by atoms with Crippen LogP contribution in [0.4, 0.5) is 0 Å². The van der Waals surface area contributed by atoms with Crippen molar-refractivity contribution in [3.63, 3.8) is 0 Å². The molecule has 2 aliphatic heterocycles. The number of fused-ring (bicyclic) bond motifs is 1. The fourth-order valence-corrected chi connectivity index (χ4v) is 11.2. The number of amides is 2. The second-order valence-corrected chi connectivity index (χ2v) is 15.9. The van der Waals surface area contributed by atoms with E-state index in [0.29, 0.717) is 62.3 Å². The van der Waals surface area contributed by atoms with Crippen molar-refractivity contribution in [2.75, 3.05) is 6.54 Å². The third-order valence-corrected chi connectivity index (χ3v) is 13.5. The average Bonchev–Trinajstić information content (AvgIpc) is 3.61. The monoisotopic (exact) mass is 613 g/mol. The van der Waals surface area contributed by atoms with Crippen molar-refractivity contribution in [1.82, 2.24) is 5.32 Å². The Kier molecular flexibility index (Phi) is 9.75. The van der Waals surface area contributed by atoms with Gasteiger partial charge in [0.05, 0.1) is 18.4 Å². The van der Waals surface area contributed by atoms with Crippen LogP contribution in [0.1, 0.15) is 141 Å². The molecule has 6 aliphatic rings. The highest BCUT2D eigenvalue weighted by molar-refractivity contribution is 5.98. The van der Waals surface area contributed by atoms with Gasteiger partial charge in [-0.05, 0) is 87.9 Å². The largest absolute Gasteiger partial charge is 0.481 e. The summed E-state index contributed by atoms with van der Waals surface area (Å²) in [5.41, 5.74) is -0.943. The number of quaternary nitrogens is 1. The Morgan fingerprint density at radius 1 is 0.659 bits per heavy atom. The fourth-order valence-electron chi connectivity index (χ4n) is 11.2. The normalized spacial score (nSPS) is 40.4. The minimum Gasteiger partial charge on any atom is -0.481 e. The van der Waals surface area contributed by atoms with Crippen LogP contribution >= 0.6 is 0 Å². The van der Waals surface area contributed by atoms with Gasteiger partial charge in [-0.2, -0.15) is 0 Å². The zero-order valence-corrected chi connectivity index (χ0v) is 26.9. The molecule has 2 saturated heterocycles. The van der Waals surface area contributed by atoms with E-state index in [0.717, 1.165) is 44.9 Å². The predicted octanol–water partition coefficient (Wildman–Crippen LogP) is 6.66. The van der Waals surface area contributed by atoms with Crippen LogP contribution in [0.25, 0.3) is 0 Å². The van der Waals surface area contributed by atoms with E-state index in [4.69, 9.17) is 0 Å². The zero-order valence-electron chi connectivity index (χ0n) is 26.9. The van der Waals surface area contributed by atoms with E-state index < -0.39 is 41.4 Å². The van der Waals surface area contributed by atoms with Crippen molar-refractivity contribution >= 4 is 23.8 Å². The summed E-state index contributed by atoms with van der Waals surface area (Å²) in [7, 11) is 0. The summed E-state index contributed by atoms with van der Waals surface area (Å²) in [6, 6.07) is 0. The smallest absolute Gasteiger partial charge is 0.378 e. The van der Waals surface area contributed by atoms with E-state index in [9.17, 15) is 29.4 Å². The van der Waals surface area contributed by atoms with E-state index in [1.807, 2.05) is 0 Å². The van der Waals surface area contributed by atoms with Gasteiger partial charge in [0.15, 0.2) is 6.17 Å². The minimum absolute atomic E-state index is 0.0131. The number of carboxylic acids is 2. The Labute approximate surface area is 263 Å². The number of aliphatic carboxylic acids is 2. The van der Waals surface area contributed by atoms with Crippen LogP contribution in [0.5, 0.6) is 0 Å². The predicted molar refractivity (Wildman–Crippen MR) is 166 cm³/mol. The van der Waals surface area contributed by atoms with E-state index >= 15 is 0 Å². The van der Waals surface area contributed by atoms with Crippen LogP contribution in [0.3, 0.4) is 0 Å². The van der Waals surface area contributed by atoms with Crippen molar-refractivity contribution in [1.29, 1.82) is 0 Å². The van der Waals surface area contributed by atoms with E-state index in [-0.39, 0.29) is 16.3 Å². The summed E-state index contributed by atoms with van der Waals surface area (Å²) >= 11 is 0. The molecular formula is C36H57N2O6+. The van der Waals surface area contributed by atoms with Gasteiger partial charge in [0, 0.05) is 12.8 Å². The summed E-state index contributed by atoms with van der Waals surface area (Å²) in [6.07, 6.45) is 21.8. The maximum absolute atomic E-state index is 14.2. The number of rotatable bonds is 8. The van der Waals surface area contributed by atoms with Gasteiger partial charge in [-0.1, -0.05) is 64.2 Å². The summed E-state index contributed by atoms with van der Waals surface area (Å²) in [4.78, 5) is 53.5. The molecule has 0 aromatic heterocycles. The summed E-state index contributed by atoms with van der Waals surface area (Å²) in [5.74, 6) is -1.89. The Bertz CT molecular complexity index is 1080. The number of nitrogens with zero attached hydrogens (tertiary/aromatic N) is 1. The number of carbonyl (C=O) groups excluding carboxylic acids is 2. The lowest BCUT2D eigenvalue weighted by atomic mass is 9.69. The van der Waals surface area contributed by atoms with Gasteiger partial charge in [0.1, 0.15) is 5.92 Å². The summed E-state index contributed by atoms with van der Waals surface area (Å²) in [5, 5.41) is 24.0. The number of nitrogens with one attached hydrogen (secondary N) is 1. The lowest BCUT2D eigenvalue weighted by Crippen LogP contribution is -2.59. The molecule has 6 fully saturated rings. The average molecular weight is 614 g/mol. The first kappa shape index (κ1) is 32.0. The third kappa shape index (κ3) is 5.98. The molecule has 0 aromatic carbocycles. The van der Waals surface area contributed by atoms with Crippen molar-refractivity contribution < 1.29 is 33.9 Å². The number of hydrogen-bond donors (Lipinski definition) is 3. The van der Waals surface area contributed by atoms with Crippen molar-refractivity contribution in [3.8, 4) is 0 Å². The van der Waals surface area contributed by atoms with Crippen molar-refractivity contribution in [2.45, 2.75) is 153 Å². The van der Waals surface area contributed by atoms with E-state index in [2.05, 4.69) is 5.32 Å². The first-order chi connectivity index (χ1) is 21.3. The highest BCUT2D eigenvalue weighted by Crippen LogP contribution is 2.61. The van der Waals surface area contributed by atoms with Crippen LogP contribution in [-0.4, -0.2) is 56.7 Å². The Morgan fingerprint density at radius 2 is 1.25 bits per heavy atom. The lowest BCUT2D eigenvalue weighted by molar-refractivity contribution is -0.830. The maximum atomic E-state index is 14.2. The SMILES string of the molecule is O=C(O)C1CC(CC2CCCCC2)CCC1C(=O)NC1CCCCC[N+]12C(=O)C21CCC(CC2CCCCC2)CC1C(=O)O. The third-order valence-electron chi connectivity index (χ3n) is 13.5. The molecule has 4 saturated carbocycles. The Hall–Kier alpha value is -1.96. The molecule has 2 spiro atoms. The van der Waals surface area contributed by atoms with E-state index in [1.54, 1.807) is 0 Å². The van der Waals surface area contributed by atoms with Crippen molar-refractivity contribution in [2.24, 2.45) is 41.4 Å². The van der Waals surface area contributed by atoms with E-state index in [1.165, 1.54) is 64.2 Å². The van der Waals surface area contributed by atoms with Gasteiger partial charge in [-0.15, -0.1) is 0 Å². The maximum Gasteiger partial charge on any atom is 0.378 e. The number of carbonyl (C=O) groups is 4. The molecule has 0 bridgehead atoms. The molecule has 8 nitrogen and oxygen atoms in total. The van der Waals surface area contributed by atoms with Crippen LogP contribution < -0.4 is 5.32 Å². The standard InChI is InChI=1S/C36H56N2O6/c39-32(28-16-15-26(22-29(28)33(40)41)20-24-10-4-1-5-11-24)37-31-14-8-3-9-19-38(31)35(44)36(38)18-17-27(23-30(36)34(42)43)21-25-12-6-2-7-13-25/h24-31H,1-23H2,(H2-,37,39,40,41,42,43)/p+1. The molecule has 2 heterocycles. The molecule has 44 heavy (non-hydrogen) atoms. The molecule has 0 aromatic rings. The topological polar surface area (TPSA) is 121 Å². The zero-order chi connectivity index (χ0) is 30.9. The molecule has 8 atom stereocenters. The van der Waals surface area contributed by atoms with Crippen molar-refractivity contribution in [3.05, 3.63) is 0 Å². The summed E-state index contributed by atoms with van der Waals surface area (Å²) in [6.45, 7) is 0.581. The molecule has 6 rings (SSSR count). The Balaban J connectivity index is 1.16. The van der Waals surface area contributed by atoms with Gasteiger partial charge in [-0.25, -0.2) is 9.28 Å². The van der Waals surface area contributed by atoms with Gasteiger partial charge in [0.2, 0.25) is 11.4 Å². The van der Waals surface area contributed by atoms with Gasteiger partial charge in [0.25, 0.3) is 0 Å². The molecular weight excluding hydrogens is 556 g/mol. The minimum atomic E-state index is -0.943. The number of carboxylic acid groups (broad SMARTS) is 2. The van der Waals surface area contributed by atoms with Gasteiger partial charge < -0.3 is 15.5 Å². The molecule has 246 valence electrons. The summed E-state index contributed by atoms with van der Waals surface area (Å²) < 4.78 is 0.0839. The van der Waals surface area contributed by atoms with Gasteiger partial charge in [-0.3, -0.25) is 14.4 Å². The fraction of sp³-hybridized carbons (Fsp3) is 0.889. The number of hydrogen-bond acceptors (Lipinski definition) is 4. The van der Waals surface area contributed by atoms with Crippen LogP contribution in [0.2, 0.25) is 0 Å². The second kappa shape index (κ2) is 13.4. The van der Waals surface area contributed by atoms with Crippen LogP contribution in [0, 0.1) is 41.4 Å². The highest BCUT2D eigenvalue weighted by Gasteiger charge is 2.87. The van der Waals surface area contributed by atoms with Crippen LogP contribution in [0.15, 0.2) is 0 Å². The first-order valence-corrected chi connectivity index (χ1v) is 18.4. The van der Waals surface area contributed by atoms with Gasteiger partial charge >= 0.3 is 17.8 Å². The first-order valence-electron chi connectivity index (χ1n) is 18.4. The molecule has 0 radical (unpaired) electrons. The molecule has 2 amide bonds. The Morgan fingerprint density at radius 3 is 1.86 bits per heavy atom. The molecule has 4 aliphatic carbocycles. The highest BCUT2D eigenvalue weighted by atomic mass is 16.4. The quantitative estimate of drug-likeness (QED) is 0.208.